The number of hydrazone groups is 1. The molecule has 2 aromatic rings. The highest BCUT2D eigenvalue weighted by Gasteiger charge is 2.04. The van der Waals surface area contributed by atoms with E-state index in [1.807, 2.05) is 36.4 Å². The number of carbonyl (C=O) groups excluding carboxylic acids is 1. The predicted octanol–water partition coefficient (Wildman–Crippen LogP) is 4.88. The van der Waals surface area contributed by atoms with Crippen LogP contribution in [-0.4, -0.2) is 31.3 Å². The molecule has 0 unspecified atom stereocenters. The minimum Gasteiger partial charge on any atom is -0.452 e. The highest BCUT2D eigenvalue weighted by atomic mass is 32.2. The van der Waals surface area contributed by atoms with Gasteiger partial charge in [-0.15, -0.1) is 11.8 Å². The van der Waals surface area contributed by atoms with Crippen LogP contribution in [0.4, 0.5) is 4.79 Å². The summed E-state index contributed by atoms with van der Waals surface area (Å²) in [5, 5.41) is 4.21. The number of carbonyl (C=O) groups is 1. The van der Waals surface area contributed by atoms with Crippen molar-refractivity contribution in [2.45, 2.75) is 30.8 Å². The normalized spacial score (nSPS) is 11.2. The highest BCUT2D eigenvalue weighted by molar-refractivity contribution is 8.00. The lowest BCUT2D eigenvalue weighted by Gasteiger charge is -2.08. The van der Waals surface area contributed by atoms with Crippen molar-refractivity contribution in [2.24, 2.45) is 5.10 Å². The minimum absolute atomic E-state index is 0.552. The predicted molar refractivity (Wildman–Crippen MR) is 110 cm³/mol. The molecule has 2 rings (SSSR count). The molecule has 6 heteroatoms. The largest absolute Gasteiger partial charge is 0.452 e. The summed E-state index contributed by atoms with van der Waals surface area (Å²) in [5.74, 6) is 0.721. The van der Waals surface area contributed by atoms with Crippen LogP contribution in [0.5, 0.6) is 0 Å². The SMILES string of the molecule is COC(=O)N/N=C(/CCCCOCc1ccccc1)CSc1ccccc1. The molecule has 0 atom stereocenters. The van der Waals surface area contributed by atoms with Crippen LogP contribution >= 0.6 is 11.8 Å². The van der Waals surface area contributed by atoms with E-state index in [0.717, 1.165) is 30.7 Å². The first-order chi connectivity index (χ1) is 13.3. The Labute approximate surface area is 165 Å². The van der Waals surface area contributed by atoms with Gasteiger partial charge in [-0.1, -0.05) is 48.5 Å². The van der Waals surface area contributed by atoms with Gasteiger partial charge in [-0.25, -0.2) is 10.2 Å². The number of benzene rings is 2. The van der Waals surface area contributed by atoms with Crippen LogP contribution in [0.2, 0.25) is 0 Å². The first-order valence-electron chi connectivity index (χ1n) is 8.97. The zero-order valence-corrected chi connectivity index (χ0v) is 16.4. The average molecular weight is 387 g/mol. The standard InChI is InChI=1S/C21H26N2O3S/c1-25-21(24)23-22-19(17-27-20-13-6-3-7-14-20)12-8-9-15-26-16-18-10-4-2-5-11-18/h2-7,10-11,13-14H,8-9,12,15-17H2,1H3,(H,23,24)/b22-19-. The Balaban J connectivity index is 1.71. The fraction of sp³-hybridized carbons (Fsp3) is 0.333. The van der Waals surface area contributed by atoms with Gasteiger partial charge in [0, 0.05) is 23.0 Å². The molecule has 0 aliphatic rings. The van der Waals surface area contributed by atoms with Gasteiger partial charge in [0.05, 0.1) is 13.7 Å². The second-order valence-corrected chi connectivity index (χ2v) is 6.93. The molecule has 0 radical (unpaired) electrons. The van der Waals surface area contributed by atoms with Crippen LogP contribution < -0.4 is 5.43 Å². The molecule has 0 aliphatic heterocycles. The van der Waals surface area contributed by atoms with E-state index in [1.54, 1.807) is 11.8 Å². The van der Waals surface area contributed by atoms with Gasteiger partial charge < -0.3 is 9.47 Å². The molecule has 1 N–H and O–H groups in total. The van der Waals surface area contributed by atoms with Crippen LogP contribution in [0.25, 0.3) is 0 Å². The highest BCUT2D eigenvalue weighted by Crippen LogP contribution is 2.18. The van der Waals surface area contributed by atoms with Crippen molar-refractivity contribution in [1.82, 2.24) is 5.43 Å². The van der Waals surface area contributed by atoms with Gasteiger partial charge in [-0.2, -0.15) is 5.10 Å². The summed E-state index contributed by atoms with van der Waals surface area (Å²) in [6, 6.07) is 20.3. The van der Waals surface area contributed by atoms with Crippen molar-refractivity contribution in [1.29, 1.82) is 0 Å². The Bertz CT molecular complexity index is 693. The van der Waals surface area contributed by atoms with Gasteiger partial charge in [0.2, 0.25) is 0 Å². The summed E-state index contributed by atoms with van der Waals surface area (Å²) in [5.41, 5.74) is 4.53. The first-order valence-corrected chi connectivity index (χ1v) is 9.95. The van der Waals surface area contributed by atoms with Gasteiger partial charge in [0.1, 0.15) is 0 Å². The number of hydrogen-bond acceptors (Lipinski definition) is 5. The molecule has 2 aromatic carbocycles. The first kappa shape index (κ1) is 21.0. The molecular weight excluding hydrogens is 360 g/mol. The zero-order valence-electron chi connectivity index (χ0n) is 15.6. The molecule has 1 amide bonds. The number of methoxy groups -OCH3 is 1. The fourth-order valence-electron chi connectivity index (χ4n) is 2.31. The number of hydrogen-bond donors (Lipinski definition) is 1. The average Bonchev–Trinajstić information content (AvgIpc) is 2.73. The van der Waals surface area contributed by atoms with Crippen LogP contribution in [0, 0.1) is 0 Å². The number of rotatable bonds is 11. The lowest BCUT2D eigenvalue weighted by atomic mass is 10.2. The van der Waals surface area contributed by atoms with E-state index in [1.165, 1.54) is 17.6 Å². The van der Waals surface area contributed by atoms with Gasteiger partial charge in [-0.05, 0) is 37.0 Å². The molecule has 0 bridgehead atoms. The van der Waals surface area contributed by atoms with Crippen molar-refractivity contribution < 1.29 is 14.3 Å². The van der Waals surface area contributed by atoms with Crippen LogP contribution in [0.1, 0.15) is 24.8 Å². The molecule has 0 spiro atoms. The number of amides is 1. The molecule has 0 fully saturated rings. The van der Waals surface area contributed by atoms with Crippen molar-refractivity contribution in [3.05, 3.63) is 66.2 Å². The fourth-order valence-corrected chi connectivity index (χ4v) is 3.20. The summed E-state index contributed by atoms with van der Waals surface area (Å²) in [6.45, 7) is 1.34. The van der Waals surface area contributed by atoms with E-state index in [-0.39, 0.29) is 0 Å². The number of unbranched alkanes of at least 4 members (excludes halogenated alkanes) is 1. The maximum atomic E-state index is 11.3. The van der Waals surface area contributed by atoms with Crippen molar-refractivity contribution >= 4 is 23.6 Å². The monoisotopic (exact) mass is 386 g/mol. The van der Waals surface area contributed by atoms with Crippen molar-refractivity contribution in [3.8, 4) is 0 Å². The molecule has 0 aliphatic carbocycles. The smallest absolute Gasteiger partial charge is 0.427 e. The maximum Gasteiger partial charge on any atom is 0.427 e. The summed E-state index contributed by atoms with van der Waals surface area (Å²) in [6.07, 6.45) is 2.15. The quantitative estimate of drug-likeness (QED) is 0.259. The Morgan fingerprint density at radius 1 is 1.04 bits per heavy atom. The topological polar surface area (TPSA) is 59.9 Å². The summed E-state index contributed by atoms with van der Waals surface area (Å²) < 4.78 is 10.3. The van der Waals surface area contributed by atoms with E-state index in [0.29, 0.717) is 13.2 Å². The van der Waals surface area contributed by atoms with E-state index in [2.05, 4.69) is 39.5 Å². The summed E-state index contributed by atoms with van der Waals surface area (Å²) >= 11 is 1.70. The Morgan fingerprint density at radius 3 is 2.44 bits per heavy atom. The number of nitrogens with zero attached hydrogens (tertiary/aromatic N) is 1. The Kier molecular flexibility index (Phi) is 10.1. The summed E-state index contributed by atoms with van der Waals surface area (Å²) in [4.78, 5) is 12.4. The van der Waals surface area contributed by atoms with Crippen molar-refractivity contribution in [3.63, 3.8) is 0 Å². The number of ether oxygens (including phenoxy) is 2. The van der Waals surface area contributed by atoms with Gasteiger partial charge in [0.15, 0.2) is 0 Å². The van der Waals surface area contributed by atoms with Gasteiger partial charge >= 0.3 is 6.09 Å². The third-order valence-electron chi connectivity index (χ3n) is 3.75. The summed E-state index contributed by atoms with van der Waals surface area (Å²) in [7, 11) is 1.33. The minimum atomic E-state index is -0.552. The molecular formula is C21H26N2O3S. The Hall–Kier alpha value is -2.31. The van der Waals surface area contributed by atoms with E-state index < -0.39 is 6.09 Å². The second-order valence-electron chi connectivity index (χ2n) is 5.88. The molecule has 0 saturated heterocycles. The zero-order chi connectivity index (χ0) is 19.2. The van der Waals surface area contributed by atoms with Crippen molar-refractivity contribution in [2.75, 3.05) is 19.5 Å². The number of thioether (sulfide) groups is 1. The Morgan fingerprint density at radius 2 is 1.74 bits per heavy atom. The third-order valence-corrected chi connectivity index (χ3v) is 4.84. The van der Waals surface area contributed by atoms with Gasteiger partial charge in [-0.3, -0.25) is 0 Å². The lowest BCUT2D eigenvalue weighted by molar-refractivity contribution is 0.117. The third kappa shape index (κ3) is 9.26. The lowest BCUT2D eigenvalue weighted by Crippen LogP contribution is -2.20. The number of nitrogens with one attached hydrogen (secondary N) is 1. The second kappa shape index (κ2) is 12.9. The van der Waals surface area contributed by atoms with E-state index >= 15 is 0 Å². The van der Waals surface area contributed by atoms with E-state index in [4.69, 9.17) is 4.74 Å². The van der Waals surface area contributed by atoms with Crippen LogP contribution in [-0.2, 0) is 16.1 Å². The molecule has 0 heterocycles. The molecule has 144 valence electrons. The van der Waals surface area contributed by atoms with Crippen LogP contribution in [0.15, 0.2) is 70.7 Å². The van der Waals surface area contributed by atoms with Gasteiger partial charge in [0.25, 0.3) is 0 Å². The molecule has 27 heavy (non-hydrogen) atoms. The van der Waals surface area contributed by atoms with Crippen LogP contribution in [0.3, 0.4) is 0 Å². The van der Waals surface area contributed by atoms with E-state index in [9.17, 15) is 4.79 Å². The molecule has 5 nitrogen and oxygen atoms in total. The molecule has 0 aromatic heterocycles. The molecule has 0 saturated carbocycles. The maximum absolute atomic E-state index is 11.3.